The summed E-state index contributed by atoms with van der Waals surface area (Å²) in [6.07, 6.45) is 2.23. The van der Waals surface area contributed by atoms with Gasteiger partial charge < -0.3 is 5.73 Å². The molecule has 0 saturated heterocycles. The second-order valence-corrected chi connectivity index (χ2v) is 4.52. The molecule has 0 aliphatic carbocycles. The predicted octanol–water partition coefficient (Wildman–Crippen LogP) is 3.83. The first kappa shape index (κ1) is 12.8. The highest BCUT2D eigenvalue weighted by atomic mass is 19.1. The van der Waals surface area contributed by atoms with Crippen LogP contribution >= 0.6 is 0 Å². The third-order valence-electron chi connectivity index (χ3n) is 3.11. The third-order valence-corrected chi connectivity index (χ3v) is 3.11. The van der Waals surface area contributed by atoms with E-state index in [1.165, 1.54) is 17.7 Å². The highest BCUT2D eigenvalue weighted by Crippen LogP contribution is 2.20. The Morgan fingerprint density at radius 3 is 1.94 bits per heavy atom. The van der Waals surface area contributed by atoms with Crippen LogP contribution in [0.3, 0.4) is 0 Å². The topological polar surface area (TPSA) is 26.0 Å². The van der Waals surface area contributed by atoms with Crippen LogP contribution in [0.1, 0.15) is 36.1 Å². The summed E-state index contributed by atoms with van der Waals surface area (Å²) in [5, 5.41) is 0. The molecule has 2 aromatic carbocycles. The molecule has 0 aliphatic heterocycles. The molecule has 1 atom stereocenters. The van der Waals surface area contributed by atoms with E-state index in [1.54, 1.807) is 12.1 Å². The minimum absolute atomic E-state index is 0.193. The van der Waals surface area contributed by atoms with Gasteiger partial charge in [0, 0.05) is 0 Å². The summed E-state index contributed by atoms with van der Waals surface area (Å²) in [6, 6.07) is 14.5. The van der Waals surface area contributed by atoms with Gasteiger partial charge in [0.15, 0.2) is 0 Å². The van der Waals surface area contributed by atoms with Gasteiger partial charge in [0.05, 0.1) is 6.04 Å². The van der Waals surface area contributed by atoms with Gasteiger partial charge >= 0.3 is 0 Å². The third kappa shape index (κ3) is 2.96. The van der Waals surface area contributed by atoms with Gasteiger partial charge in [0.1, 0.15) is 5.82 Å². The second-order valence-electron chi connectivity index (χ2n) is 4.52. The predicted molar refractivity (Wildman–Crippen MR) is 72.9 cm³/mol. The lowest BCUT2D eigenvalue weighted by Gasteiger charge is -2.13. The molecule has 0 fully saturated rings. The Morgan fingerprint density at radius 2 is 1.44 bits per heavy atom. The molecule has 0 bridgehead atoms. The SMILES string of the molecule is CCCc1ccc(C(N)c2ccc(F)cc2)cc1. The van der Waals surface area contributed by atoms with Gasteiger partial charge in [-0.1, -0.05) is 49.7 Å². The molecule has 0 radical (unpaired) electrons. The van der Waals surface area contributed by atoms with E-state index in [1.807, 2.05) is 0 Å². The van der Waals surface area contributed by atoms with Crippen LogP contribution in [-0.4, -0.2) is 0 Å². The minimum atomic E-state index is -0.232. The largest absolute Gasteiger partial charge is 0.320 e. The normalized spacial score (nSPS) is 12.4. The van der Waals surface area contributed by atoms with Crippen LogP contribution in [0, 0.1) is 5.82 Å². The van der Waals surface area contributed by atoms with Crippen molar-refractivity contribution in [2.45, 2.75) is 25.8 Å². The van der Waals surface area contributed by atoms with Gasteiger partial charge in [-0.05, 0) is 35.2 Å². The summed E-state index contributed by atoms with van der Waals surface area (Å²) in [5.74, 6) is -0.232. The van der Waals surface area contributed by atoms with Crippen LogP contribution in [0.5, 0.6) is 0 Å². The Labute approximate surface area is 107 Å². The summed E-state index contributed by atoms with van der Waals surface area (Å²) in [7, 11) is 0. The summed E-state index contributed by atoms with van der Waals surface area (Å²) in [5.41, 5.74) is 9.48. The van der Waals surface area contributed by atoms with Crippen molar-refractivity contribution < 1.29 is 4.39 Å². The monoisotopic (exact) mass is 243 g/mol. The maximum absolute atomic E-state index is 12.8. The van der Waals surface area contributed by atoms with Crippen molar-refractivity contribution in [3.05, 3.63) is 71.0 Å². The van der Waals surface area contributed by atoms with Crippen LogP contribution in [0.2, 0.25) is 0 Å². The average Bonchev–Trinajstić information content (AvgIpc) is 2.40. The number of rotatable bonds is 4. The first-order valence-corrected chi connectivity index (χ1v) is 6.30. The van der Waals surface area contributed by atoms with Gasteiger partial charge in [-0.3, -0.25) is 0 Å². The molecular formula is C16H18FN. The molecule has 0 amide bonds. The first-order valence-electron chi connectivity index (χ1n) is 6.30. The molecule has 18 heavy (non-hydrogen) atoms. The molecular weight excluding hydrogens is 225 g/mol. The quantitative estimate of drug-likeness (QED) is 0.867. The Kier molecular flexibility index (Phi) is 4.11. The number of benzene rings is 2. The van der Waals surface area contributed by atoms with E-state index < -0.39 is 0 Å². The van der Waals surface area contributed by atoms with Crippen molar-refractivity contribution in [1.82, 2.24) is 0 Å². The Hall–Kier alpha value is -1.67. The lowest BCUT2D eigenvalue weighted by molar-refractivity contribution is 0.626. The van der Waals surface area contributed by atoms with Crippen LogP contribution in [0.25, 0.3) is 0 Å². The molecule has 0 aromatic heterocycles. The Bertz CT molecular complexity index is 488. The number of halogens is 1. The summed E-state index contributed by atoms with van der Waals surface area (Å²) < 4.78 is 12.8. The molecule has 2 heteroatoms. The van der Waals surface area contributed by atoms with Crippen LogP contribution in [0.4, 0.5) is 4.39 Å². The van der Waals surface area contributed by atoms with Crippen LogP contribution in [-0.2, 0) is 6.42 Å². The molecule has 0 saturated carbocycles. The zero-order valence-corrected chi connectivity index (χ0v) is 10.6. The van der Waals surface area contributed by atoms with Crippen molar-refractivity contribution in [3.8, 4) is 0 Å². The summed E-state index contributed by atoms with van der Waals surface area (Å²) in [6.45, 7) is 2.16. The average molecular weight is 243 g/mol. The van der Waals surface area contributed by atoms with Gasteiger partial charge in [0.2, 0.25) is 0 Å². The van der Waals surface area contributed by atoms with E-state index in [0.29, 0.717) is 0 Å². The van der Waals surface area contributed by atoms with Gasteiger partial charge in [0.25, 0.3) is 0 Å². The van der Waals surface area contributed by atoms with Crippen molar-refractivity contribution in [1.29, 1.82) is 0 Å². The maximum Gasteiger partial charge on any atom is 0.123 e. The molecule has 0 spiro atoms. The van der Waals surface area contributed by atoms with E-state index in [0.717, 1.165) is 24.0 Å². The fourth-order valence-corrected chi connectivity index (χ4v) is 2.04. The molecule has 1 unspecified atom stereocenters. The van der Waals surface area contributed by atoms with Gasteiger partial charge in [-0.2, -0.15) is 0 Å². The minimum Gasteiger partial charge on any atom is -0.320 e. The summed E-state index contributed by atoms with van der Waals surface area (Å²) >= 11 is 0. The number of nitrogens with two attached hydrogens (primary N) is 1. The van der Waals surface area contributed by atoms with E-state index in [9.17, 15) is 4.39 Å². The Morgan fingerprint density at radius 1 is 0.944 bits per heavy atom. The molecule has 2 rings (SSSR count). The molecule has 2 aromatic rings. The number of hydrogen-bond acceptors (Lipinski definition) is 1. The van der Waals surface area contributed by atoms with Crippen molar-refractivity contribution >= 4 is 0 Å². The van der Waals surface area contributed by atoms with Gasteiger partial charge in [-0.25, -0.2) is 4.39 Å². The molecule has 0 aliphatic rings. The molecule has 1 nitrogen and oxygen atoms in total. The van der Waals surface area contributed by atoms with E-state index in [-0.39, 0.29) is 11.9 Å². The zero-order valence-electron chi connectivity index (χ0n) is 10.6. The second kappa shape index (κ2) is 5.78. The molecule has 94 valence electrons. The fraction of sp³-hybridized carbons (Fsp3) is 0.250. The van der Waals surface area contributed by atoms with Crippen molar-refractivity contribution in [2.24, 2.45) is 5.73 Å². The van der Waals surface area contributed by atoms with Gasteiger partial charge in [-0.15, -0.1) is 0 Å². The smallest absolute Gasteiger partial charge is 0.123 e. The number of aryl methyl sites for hydroxylation is 1. The Balaban J connectivity index is 2.17. The fourth-order valence-electron chi connectivity index (χ4n) is 2.04. The molecule has 2 N–H and O–H groups in total. The van der Waals surface area contributed by atoms with Crippen LogP contribution < -0.4 is 5.73 Å². The van der Waals surface area contributed by atoms with E-state index >= 15 is 0 Å². The maximum atomic E-state index is 12.8. The van der Waals surface area contributed by atoms with Crippen LogP contribution in [0.15, 0.2) is 48.5 Å². The first-order chi connectivity index (χ1) is 8.70. The summed E-state index contributed by atoms with van der Waals surface area (Å²) in [4.78, 5) is 0. The lowest BCUT2D eigenvalue weighted by Crippen LogP contribution is -2.11. The highest BCUT2D eigenvalue weighted by Gasteiger charge is 2.08. The lowest BCUT2D eigenvalue weighted by atomic mass is 9.98. The molecule has 0 heterocycles. The van der Waals surface area contributed by atoms with E-state index in [2.05, 4.69) is 31.2 Å². The highest BCUT2D eigenvalue weighted by molar-refractivity contribution is 5.33. The number of hydrogen-bond donors (Lipinski definition) is 1. The van der Waals surface area contributed by atoms with Crippen molar-refractivity contribution in [2.75, 3.05) is 0 Å². The standard InChI is InChI=1S/C16H18FN/c1-2-3-12-4-6-13(7-5-12)16(18)14-8-10-15(17)11-9-14/h4-11,16H,2-3,18H2,1H3. The van der Waals surface area contributed by atoms with E-state index in [4.69, 9.17) is 5.73 Å². The van der Waals surface area contributed by atoms with Crippen molar-refractivity contribution in [3.63, 3.8) is 0 Å². The zero-order chi connectivity index (χ0) is 13.0.